The summed E-state index contributed by atoms with van der Waals surface area (Å²) in [5.41, 5.74) is 4.14. The molecule has 0 saturated carbocycles. The predicted molar refractivity (Wildman–Crippen MR) is 116 cm³/mol. The molecule has 0 aliphatic carbocycles. The quantitative estimate of drug-likeness (QED) is 0.537. The molecule has 1 fully saturated rings. The van der Waals surface area contributed by atoms with Crippen molar-refractivity contribution in [3.8, 4) is 11.5 Å². The largest absolute Gasteiger partial charge is 0.497 e. The van der Waals surface area contributed by atoms with E-state index in [2.05, 4.69) is 26.0 Å². The van der Waals surface area contributed by atoms with Crippen LogP contribution in [0, 0.1) is 0 Å². The van der Waals surface area contributed by atoms with Gasteiger partial charge in [-0.3, -0.25) is 9.91 Å². The molecule has 0 spiro atoms. The van der Waals surface area contributed by atoms with Crippen LogP contribution in [0.2, 0.25) is 0 Å². The molecular formula is C20H29N7O3. The third-order valence-electron chi connectivity index (χ3n) is 5.07. The maximum Gasteiger partial charge on any atom is 0.193 e. The smallest absolute Gasteiger partial charge is 0.193 e. The molecule has 4 rings (SSSR count). The number of aliphatic imine (C=N–C) groups is 2. The number of ether oxygens (including phenoxy) is 3. The molecule has 0 radical (unpaired) electrons. The molecule has 1 aromatic carbocycles. The van der Waals surface area contributed by atoms with Crippen molar-refractivity contribution >= 4 is 17.4 Å². The molecule has 1 aromatic rings. The van der Waals surface area contributed by atoms with Crippen molar-refractivity contribution < 1.29 is 14.2 Å². The maximum absolute atomic E-state index is 5.39. The maximum atomic E-state index is 5.39. The molecule has 0 aromatic heterocycles. The number of amidine groups is 2. The van der Waals surface area contributed by atoms with Crippen molar-refractivity contribution in [3.05, 3.63) is 30.6 Å². The zero-order valence-electron chi connectivity index (χ0n) is 17.4. The predicted octanol–water partition coefficient (Wildman–Crippen LogP) is 0.813. The van der Waals surface area contributed by atoms with Crippen molar-refractivity contribution in [1.82, 2.24) is 20.7 Å². The SMILES string of the molecule is COc1cc(NC2N=C3C(NCCCN4CCOCC4)=NC=CN3N2)cc(OC)c1. The highest BCUT2D eigenvalue weighted by Gasteiger charge is 2.28. The fourth-order valence-corrected chi connectivity index (χ4v) is 3.50. The lowest BCUT2D eigenvalue weighted by Crippen LogP contribution is -2.46. The van der Waals surface area contributed by atoms with E-state index >= 15 is 0 Å². The van der Waals surface area contributed by atoms with Crippen molar-refractivity contribution in [2.45, 2.75) is 12.7 Å². The Labute approximate surface area is 176 Å². The van der Waals surface area contributed by atoms with Crippen LogP contribution in [0.25, 0.3) is 0 Å². The number of benzene rings is 1. The molecule has 3 aliphatic heterocycles. The highest BCUT2D eigenvalue weighted by Crippen LogP contribution is 2.26. The van der Waals surface area contributed by atoms with Gasteiger partial charge in [0.25, 0.3) is 0 Å². The highest BCUT2D eigenvalue weighted by molar-refractivity contribution is 6.41. The van der Waals surface area contributed by atoms with Gasteiger partial charge in [0.1, 0.15) is 11.5 Å². The summed E-state index contributed by atoms with van der Waals surface area (Å²) in [5, 5.41) is 8.62. The third kappa shape index (κ3) is 5.02. The lowest BCUT2D eigenvalue weighted by Gasteiger charge is -2.26. The van der Waals surface area contributed by atoms with Crippen LogP contribution < -0.4 is 25.5 Å². The van der Waals surface area contributed by atoms with E-state index in [1.807, 2.05) is 29.4 Å². The summed E-state index contributed by atoms with van der Waals surface area (Å²) in [7, 11) is 3.26. The Hall–Kier alpha value is -2.82. The van der Waals surface area contributed by atoms with Crippen LogP contribution in [-0.2, 0) is 4.74 Å². The van der Waals surface area contributed by atoms with Crippen LogP contribution in [0.3, 0.4) is 0 Å². The molecule has 3 aliphatic rings. The zero-order valence-corrected chi connectivity index (χ0v) is 17.4. The van der Waals surface area contributed by atoms with Crippen molar-refractivity contribution in [2.75, 3.05) is 58.9 Å². The summed E-state index contributed by atoms with van der Waals surface area (Å²) in [6.45, 7) is 5.57. The molecule has 10 heteroatoms. The minimum absolute atomic E-state index is 0.333. The average molecular weight is 415 g/mol. The number of morpholine rings is 1. The van der Waals surface area contributed by atoms with Gasteiger partial charge < -0.3 is 24.8 Å². The van der Waals surface area contributed by atoms with E-state index in [1.54, 1.807) is 20.4 Å². The number of anilines is 1. The number of methoxy groups -OCH3 is 2. The van der Waals surface area contributed by atoms with E-state index in [4.69, 9.17) is 19.2 Å². The molecule has 1 atom stereocenters. The van der Waals surface area contributed by atoms with Gasteiger partial charge in [-0.05, 0) is 13.0 Å². The molecule has 1 saturated heterocycles. The van der Waals surface area contributed by atoms with E-state index in [0.717, 1.165) is 63.2 Å². The Morgan fingerprint density at radius 2 is 1.93 bits per heavy atom. The van der Waals surface area contributed by atoms with E-state index in [1.165, 1.54) is 0 Å². The number of nitrogens with zero attached hydrogens (tertiary/aromatic N) is 4. The Balaban J connectivity index is 1.33. The van der Waals surface area contributed by atoms with Gasteiger partial charge in [0, 0.05) is 55.9 Å². The van der Waals surface area contributed by atoms with Gasteiger partial charge in [-0.15, -0.1) is 0 Å². The van der Waals surface area contributed by atoms with E-state index in [-0.39, 0.29) is 6.29 Å². The topological polar surface area (TPSA) is 95.0 Å². The number of hydrogen-bond donors (Lipinski definition) is 3. The summed E-state index contributed by atoms with van der Waals surface area (Å²) in [6, 6.07) is 5.63. The first-order valence-corrected chi connectivity index (χ1v) is 10.2. The average Bonchev–Trinajstić information content (AvgIpc) is 3.20. The van der Waals surface area contributed by atoms with Gasteiger partial charge in [0.05, 0.1) is 27.4 Å². The van der Waals surface area contributed by atoms with Crippen molar-refractivity contribution in [2.24, 2.45) is 9.98 Å². The highest BCUT2D eigenvalue weighted by atomic mass is 16.5. The Morgan fingerprint density at radius 1 is 1.17 bits per heavy atom. The Kier molecular flexibility index (Phi) is 6.67. The van der Waals surface area contributed by atoms with E-state index in [9.17, 15) is 0 Å². The van der Waals surface area contributed by atoms with Crippen molar-refractivity contribution in [1.29, 1.82) is 0 Å². The number of fused-ring (bicyclic) bond motifs is 1. The molecule has 3 heterocycles. The van der Waals surface area contributed by atoms with Gasteiger partial charge in [0.15, 0.2) is 18.0 Å². The van der Waals surface area contributed by atoms with Crippen LogP contribution in [0.1, 0.15) is 6.42 Å². The number of hydrazine groups is 1. The second-order valence-corrected chi connectivity index (χ2v) is 7.11. The summed E-state index contributed by atoms with van der Waals surface area (Å²) >= 11 is 0. The zero-order chi connectivity index (χ0) is 20.8. The second kappa shape index (κ2) is 9.79. The Bertz CT molecular complexity index is 798. The fourth-order valence-electron chi connectivity index (χ4n) is 3.50. The monoisotopic (exact) mass is 415 g/mol. The molecule has 162 valence electrons. The fraction of sp³-hybridized carbons (Fsp3) is 0.500. The molecule has 30 heavy (non-hydrogen) atoms. The summed E-state index contributed by atoms with van der Waals surface area (Å²) in [5.74, 6) is 2.95. The molecular weight excluding hydrogens is 386 g/mol. The molecule has 3 N–H and O–H groups in total. The molecule has 10 nitrogen and oxygen atoms in total. The van der Waals surface area contributed by atoms with Crippen LogP contribution in [-0.4, -0.2) is 81.5 Å². The van der Waals surface area contributed by atoms with Crippen molar-refractivity contribution in [3.63, 3.8) is 0 Å². The van der Waals surface area contributed by atoms with Gasteiger partial charge in [-0.2, -0.15) is 5.43 Å². The van der Waals surface area contributed by atoms with Gasteiger partial charge >= 0.3 is 0 Å². The van der Waals surface area contributed by atoms with E-state index < -0.39 is 0 Å². The second-order valence-electron chi connectivity index (χ2n) is 7.11. The standard InChI is InChI=1S/C20H29N7O3/c1-28-16-12-15(13-17(14-16)29-2)23-20-24-19-18(22-5-7-27(19)25-20)21-4-3-6-26-8-10-30-11-9-26/h5,7,12-14,20,23,25H,3-4,6,8-11H2,1-2H3,(H,21,22). The van der Waals surface area contributed by atoms with E-state index in [0.29, 0.717) is 11.5 Å². The third-order valence-corrected chi connectivity index (χ3v) is 5.07. The summed E-state index contributed by atoms with van der Waals surface area (Å²) < 4.78 is 16.1. The number of nitrogens with one attached hydrogen (secondary N) is 3. The first kappa shape index (κ1) is 20.5. The van der Waals surface area contributed by atoms with Gasteiger partial charge in [0.2, 0.25) is 0 Å². The van der Waals surface area contributed by atoms with Crippen LogP contribution in [0.4, 0.5) is 5.69 Å². The number of hydrogen-bond acceptors (Lipinski definition) is 10. The first-order valence-electron chi connectivity index (χ1n) is 10.2. The first-order chi connectivity index (χ1) is 14.7. The molecule has 1 unspecified atom stereocenters. The summed E-state index contributed by atoms with van der Waals surface area (Å²) in [4.78, 5) is 11.6. The minimum Gasteiger partial charge on any atom is -0.497 e. The van der Waals surface area contributed by atoms with Gasteiger partial charge in [-0.1, -0.05) is 0 Å². The van der Waals surface area contributed by atoms with Crippen LogP contribution in [0.15, 0.2) is 40.6 Å². The van der Waals surface area contributed by atoms with Crippen LogP contribution in [0.5, 0.6) is 11.5 Å². The normalized spacial score (nSPS) is 21.0. The summed E-state index contributed by atoms with van der Waals surface area (Å²) in [6.07, 6.45) is 4.31. The molecule has 0 bridgehead atoms. The lowest BCUT2D eigenvalue weighted by atomic mass is 10.3. The van der Waals surface area contributed by atoms with Crippen LogP contribution >= 0.6 is 0 Å². The Morgan fingerprint density at radius 3 is 2.67 bits per heavy atom. The minimum atomic E-state index is -0.333. The van der Waals surface area contributed by atoms with Gasteiger partial charge in [-0.25, -0.2) is 9.98 Å². The molecule has 0 amide bonds. The lowest BCUT2D eigenvalue weighted by molar-refractivity contribution is 0.0376. The number of rotatable bonds is 8.